The fraction of sp³-hybridized carbons (Fsp3) is 0.0714. The Bertz CT molecular complexity index is 707. The molecule has 21 heavy (non-hydrogen) atoms. The van der Waals surface area contributed by atoms with Crippen molar-refractivity contribution in [1.29, 1.82) is 0 Å². The Balaban J connectivity index is 2.26. The molecule has 2 aromatic carbocycles. The van der Waals surface area contributed by atoms with E-state index >= 15 is 0 Å². The quantitative estimate of drug-likeness (QED) is 0.806. The standard InChI is InChI=1S/C14H10ClF2NO3/c15-9-3-1-2-7(13(9)19)6-18-12-4-8(14(20)21)10(16)5-11(12)17/h1-5,18-19H,6H2,(H,20,21). The summed E-state index contributed by atoms with van der Waals surface area (Å²) in [6.45, 7) is -0.00595. The Morgan fingerprint density at radius 2 is 1.95 bits per heavy atom. The molecule has 0 radical (unpaired) electrons. The van der Waals surface area contributed by atoms with Crippen molar-refractivity contribution in [3.63, 3.8) is 0 Å². The summed E-state index contributed by atoms with van der Waals surface area (Å²) in [6, 6.07) is 6.00. The Hall–Kier alpha value is -2.34. The number of anilines is 1. The summed E-state index contributed by atoms with van der Waals surface area (Å²) in [5.74, 6) is -3.75. The van der Waals surface area contributed by atoms with Crippen LogP contribution < -0.4 is 5.32 Å². The maximum atomic E-state index is 13.6. The molecular formula is C14H10ClF2NO3. The van der Waals surface area contributed by atoms with Crippen molar-refractivity contribution in [1.82, 2.24) is 0 Å². The molecule has 0 saturated heterocycles. The summed E-state index contributed by atoms with van der Waals surface area (Å²) in [6.07, 6.45) is 0. The zero-order valence-corrected chi connectivity index (χ0v) is 11.3. The van der Waals surface area contributed by atoms with Crippen LogP contribution in [0.3, 0.4) is 0 Å². The number of halogens is 3. The molecule has 0 heterocycles. The Morgan fingerprint density at radius 1 is 1.24 bits per heavy atom. The van der Waals surface area contributed by atoms with Crippen molar-refractivity contribution in [2.45, 2.75) is 6.54 Å². The molecule has 2 rings (SSSR count). The van der Waals surface area contributed by atoms with E-state index in [0.717, 1.165) is 6.07 Å². The topological polar surface area (TPSA) is 69.6 Å². The molecule has 0 fully saturated rings. The fourth-order valence-corrected chi connectivity index (χ4v) is 1.94. The summed E-state index contributed by atoms with van der Waals surface area (Å²) < 4.78 is 26.8. The van der Waals surface area contributed by atoms with E-state index in [9.17, 15) is 18.7 Å². The molecule has 3 N–H and O–H groups in total. The molecule has 0 amide bonds. The first kappa shape index (κ1) is 15.1. The van der Waals surface area contributed by atoms with Crippen LogP contribution >= 0.6 is 11.6 Å². The van der Waals surface area contributed by atoms with Gasteiger partial charge in [0.05, 0.1) is 16.3 Å². The van der Waals surface area contributed by atoms with E-state index in [1.807, 2.05) is 0 Å². The highest BCUT2D eigenvalue weighted by molar-refractivity contribution is 6.32. The van der Waals surface area contributed by atoms with Gasteiger partial charge in [-0.2, -0.15) is 0 Å². The van der Waals surface area contributed by atoms with Crippen molar-refractivity contribution in [3.8, 4) is 5.75 Å². The van der Waals surface area contributed by atoms with Gasteiger partial charge in [-0.15, -0.1) is 0 Å². The predicted octanol–water partition coefficient (Wildman–Crippen LogP) is 3.63. The third kappa shape index (κ3) is 3.22. The molecule has 4 nitrogen and oxygen atoms in total. The van der Waals surface area contributed by atoms with E-state index in [4.69, 9.17) is 16.7 Å². The van der Waals surface area contributed by atoms with Crippen molar-refractivity contribution >= 4 is 23.3 Å². The van der Waals surface area contributed by atoms with Crippen LogP contribution in [-0.2, 0) is 6.54 Å². The number of aromatic carboxylic acids is 1. The van der Waals surface area contributed by atoms with E-state index in [2.05, 4.69) is 5.32 Å². The highest BCUT2D eigenvalue weighted by atomic mass is 35.5. The Labute approximate surface area is 123 Å². The third-order valence-corrected chi connectivity index (χ3v) is 3.13. The number of rotatable bonds is 4. The van der Waals surface area contributed by atoms with Crippen LogP contribution in [0.5, 0.6) is 5.75 Å². The molecule has 0 bridgehead atoms. The number of hydrogen-bond acceptors (Lipinski definition) is 3. The number of phenols is 1. The summed E-state index contributed by atoms with van der Waals surface area (Å²) in [5, 5.41) is 21.2. The number of carboxylic acid groups (broad SMARTS) is 1. The zero-order valence-electron chi connectivity index (χ0n) is 10.5. The van der Waals surface area contributed by atoms with E-state index in [1.165, 1.54) is 6.07 Å². The Morgan fingerprint density at radius 3 is 2.62 bits per heavy atom. The lowest BCUT2D eigenvalue weighted by molar-refractivity contribution is 0.0692. The summed E-state index contributed by atoms with van der Waals surface area (Å²) >= 11 is 5.74. The number of hydrogen-bond donors (Lipinski definition) is 3. The van der Waals surface area contributed by atoms with Gasteiger partial charge in [0, 0.05) is 18.2 Å². The van der Waals surface area contributed by atoms with Gasteiger partial charge in [0.1, 0.15) is 17.4 Å². The number of aromatic hydroxyl groups is 1. The number of para-hydroxylation sites is 1. The molecule has 0 aromatic heterocycles. The molecule has 0 aliphatic heterocycles. The number of phenolic OH excluding ortho intramolecular Hbond substituents is 1. The zero-order chi connectivity index (χ0) is 15.6. The number of carbonyl (C=O) groups is 1. The van der Waals surface area contributed by atoms with Gasteiger partial charge in [-0.25, -0.2) is 13.6 Å². The van der Waals surface area contributed by atoms with Gasteiger partial charge >= 0.3 is 5.97 Å². The largest absolute Gasteiger partial charge is 0.506 e. The smallest absolute Gasteiger partial charge is 0.338 e. The third-order valence-electron chi connectivity index (χ3n) is 2.83. The molecule has 110 valence electrons. The van der Waals surface area contributed by atoms with Crippen molar-refractivity contribution in [2.75, 3.05) is 5.32 Å². The van der Waals surface area contributed by atoms with Crippen LogP contribution in [-0.4, -0.2) is 16.2 Å². The number of nitrogens with one attached hydrogen (secondary N) is 1. The average molecular weight is 314 g/mol. The minimum Gasteiger partial charge on any atom is -0.506 e. The van der Waals surface area contributed by atoms with Crippen LogP contribution in [0.4, 0.5) is 14.5 Å². The van der Waals surface area contributed by atoms with E-state index in [1.54, 1.807) is 12.1 Å². The first-order valence-electron chi connectivity index (χ1n) is 5.82. The normalized spacial score (nSPS) is 10.4. The summed E-state index contributed by atoms with van der Waals surface area (Å²) in [4.78, 5) is 10.8. The van der Waals surface area contributed by atoms with Crippen molar-refractivity contribution in [2.24, 2.45) is 0 Å². The lowest BCUT2D eigenvalue weighted by atomic mass is 10.1. The second kappa shape index (κ2) is 5.97. The van der Waals surface area contributed by atoms with Gasteiger partial charge < -0.3 is 15.5 Å². The number of benzene rings is 2. The molecule has 0 saturated carbocycles. The fourth-order valence-electron chi connectivity index (χ4n) is 1.74. The molecule has 0 aliphatic carbocycles. The van der Waals surface area contributed by atoms with Gasteiger partial charge in [-0.05, 0) is 12.1 Å². The first-order chi connectivity index (χ1) is 9.90. The van der Waals surface area contributed by atoms with Crippen LogP contribution in [0, 0.1) is 11.6 Å². The lowest BCUT2D eigenvalue weighted by Gasteiger charge is -2.11. The summed E-state index contributed by atoms with van der Waals surface area (Å²) in [5.41, 5.74) is -0.439. The maximum Gasteiger partial charge on any atom is 0.338 e. The van der Waals surface area contributed by atoms with Gasteiger partial charge in [-0.1, -0.05) is 23.7 Å². The van der Waals surface area contributed by atoms with Crippen molar-refractivity contribution < 1.29 is 23.8 Å². The molecule has 2 aromatic rings. The van der Waals surface area contributed by atoms with Gasteiger partial charge in [-0.3, -0.25) is 0 Å². The predicted molar refractivity (Wildman–Crippen MR) is 73.8 cm³/mol. The highest BCUT2D eigenvalue weighted by Crippen LogP contribution is 2.28. The maximum absolute atomic E-state index is 13.6. The van der Waals surface area contributed by atoms with Gasteiger partial charge in [0.2, 0.25) is 0 Å². The second-order valence-corrected chi connectivity index (χ2v) is 4.63. The highest BCUT2D eigenvalue weighted by Gasteiger charge is 2.15. The lowest BCUT2D eigenvalue weighted by Crippen LogP contribution is -2.07. The molecular weight excluding hydrogens is 304 g/mol. The van der Waals surface area contributed by atoms with Crippen LogP contribution in [0.25, 0.3) is 0 Å². The summed E-state index contributed by atoms with van der Waals surface area (Å²) in [7, 11) is 0. The minimum atomic E-state index is -1.50. The molecule has 0 atom stereocenters. The van der Waals surface area contributed by atoms with Crippen LogP contribution in [0.1, 0.15) is 15.9 Å². The number of carboxylic acids is 1. The molecule has 0 spiro atoms. The SMILES string of the molecule is O=C(O)c1cc(NCc2cccc(Cl)c2O)c(F)cc1F. The van der Waals surface area contributed by atoms with E-state index in [-0.39, 0.29) is 23.0 Å². The Kier molecular flexibility index (Phi) is 4.28. The first-order valence-corrected chi connectivity index (χ1v) is 6.20. The molecule has 0 aliphatic rings. The van der Waals surface area contributed by atoms with Gasteiger partial charge in [0.15, 0.2) is 0 Å². The molecule has 7 heteroatoms. The second-order valence-electron chi connectivity index (χ2n) is 4.22. The van der Waals surface area contributed by atoms with E-state index in [0.29, 0.717) is 11.6 Å². The van der Waals surface area contributed by atoms with Crippen molar-refractivity contribution in [3.05, 3.63) is 58.1 Å². The van der Waals surface area contributed by atoms with Crippen LogP contribution in [0.2, 0.25) is 5.02 Å². The monoisotopic (exact) mass is 313 g/mol. The van der Waals surface area contributed by atoms with Gasteiger partial charge in [0.25, 0.3) is 0 Å². The van der Waals surface area contributed by atoms with Crippen LogP contribution in [0.15, 0.2) is 30.3 Å². The average Bonchev–Trinajstić information content (AvgIpc) is 2.41. The molecule has 0 unspecified atom stereocenters. The minimum absolute atomic E-state index is 0.00595. The van der Waals surface area contributed by atoms with E-state index < -0.39 is 23.2 Å².